The van der Waals surface area contributed by atoms with Crippen molar-refractivity contribution < 1.29 is 17.9 Å². The number of hydrogen-bond acceptors (Lipinski definition) is 5. The highest BCUT2D eigenvalue weighted by atomic mass is 32.2. The highest BCUT2D eigenvalue weighted by Gasteiger charge is 2.25. The number of ether oxygens (including phenoxy) is 1. The molecule has 1 atom stereocenters. The van der Waals surface area contributed by atoms with Crippen LogP contribution in [0.15, 0.2) is 59.5 Å². The first-order chi connectivity index (χ1) is 13.0. The van der Waals surface area contributed by atoms with Crippen LogP contribution in [0.2, 0.25) is 0 Å². The Morgan fingerprint density at radius 1 is 1.11 bits per heavy atom. The van der Waals surface area contributed by atoms with E-state index in [1.165, 1.54) is 12.1 Å². The molecule has 0 aliphatic carbocycles. The van der Waals surface area contributed by atoms with Crippen LogP contribution in [0.5, 0.6) is 5.75 Å². The van der Waals surface area contributed by atoms with Crippen molar-refractivity contribution in [1.29, 1.82) is 0 Å². The van der Waals surface area contributed by atoms with Gasteiger partial charge in [-0.3, -0.25) is 4.79 Å². The van der Waals surface area contributed by atoms with Gasteiger partial charge in [0.25, 0.3) is 0 Å². The SMILES string of the molecule is CCOc1ccc(S(=O)(=O)N[C@@H](CCSC)C(=O)Nc2ccccc2)cc1. The van der Waals surface area contributed by atoms with Gasteiger partial charge >= 0.3 is 0 Å². The summed E-state index contributed by atoms with van der Waals surface area (Å²) in [5.41, 5.74) is 0.622. The summed E-state index contributed by atoms with van der Waals surface area (Å²) in [7, 11) is -3.83. The maximum Gasteiger partial charge on any atom is 0.242 e. The highest BCUT2D eigenvalue weighted by molar-refractivity contribution is 7.98. The molecule has 0 aliphatic rings. The zero-order chi connectivity index (χ0) is 19.7. The number of nitrogens with one attached hydrogen (secondary N) is 2. The molecule has 0 spiro atoms. The lowest BCUT2D eigenvalue weighted by Crippen LogP contribution is -2.44. The lowest BCUT2D eigenvalue weighted by molar-refractivity contribution is -0.117. The second kappa shape index (κ2) is 10.3. The molecule has 2 aromatic rings. The lowest BCUT2D eigenvalue weighted by atomic mass is 10.2. The van der Waals surface area contributed by atoms with E-state index in [4.69, 9.17) is 4.74 Å². The third-order valence-corrected chi connectivity index (χ3v) is 5.84. The molecule has 6 nitrogen and oxygen atoms in total. The summed E-state index contributed by atoms with van der Waals surface area (Å²) in [6.45, 7) is 2.36. The molecule has 2 rings (SSSR count). The normalized spacial score (nSPS) is 12.4. The number of hydrogen-bond donors (Lipinski definition) is 2. The van der Waals surface area contributed by atoms with Gasteiger partial charge in [0.1, 0.15) is 11.8 Å². The first-order valence-electron chi connectivity index (χ1n) is 8.56. The van der Waals surface area contributed by atoms with Gasteiger partial charge in [-0.2, -0.15) is 16.5 Å². The van der Waals surface area contributed by atoms with Gasteiger partial charge in [0.15, 0.2) is 0 Å². The summed E-state index contributed by atoms with van der Waals surface area (Å²) in [6.07, 6.45) is 2.29. The predicted molar refractivity (Wildman–Crippen MR) is 110 cm³/mol. The smallest absolute Gasteiger partial charge is 0.242 e. The van der Waals surface area contributed by atoms with Gasteiger partial charge in [-0.1, -0.05) is 18.2 Å². The molecule has 2 aromatic carbocycles. The van der Waals surface area contributed by atoms with E-state index in [-0.39, 0.29) is 10.8 Å². The van der Waals surface area contributed by atoms with Crippen LogP contribution < -0.4 is 14.8 Å². The van der Waals surface area contributed by atoms with Crippen molar-refractivity contribution in [2.45, 2.75) is 24.3 Å². The number of sulfonamides is 1. The van der Waals surface area contributed by atoms with Gasteiger partial charge in [-0.25, -0.2) is 8.42 Å². The monoisotopic (exact) mass is 408 g/mol. The Morgan fingerprint density at radius 3 is 2.37 bits per heavy atom. The summed E-state index contributed by atoms with van der Waals surface area (Å²) >= 11 is 1.55. The number of benzene rings is 2. The zero-order valence-corrected chi connectivity index (χ0v) is 17.0. The quantitative estimate of drug-likeness (QED) is 0.631. The Morgan fingerprint density at radius 2 is 1.78 bits per heavy atom. The van der Waals surface area contributed by atoms with E-state index < -0.39 is 16.1 Å². The fourth-order valence-corrected chi connectivity index (χ4v) is 4.07. The molecular formula is C19H24N2O4S2. The van der Waals surface area contributed by atoms with Crippen molar-refractivity contribution in [2.24, 2.45) is 0 Å². The Bertz CT molecular complexity index is 825. The standard InChI is InChI=1S/C19H24N2O4S2/c1-3-25-16-9-11-17(12-10-16)27(23,24)21-18(13-14-26-2)19(22)20-15-7-5-4-6-8-15/h4-12,18,21H,3,13-14H2,1-2H3,(H,20,22)/t18-/m0/s1. The second-order valence-electron chi connectivity index (χ2n) is 5.72. The van der Waals surface area contributed by atoms with E-state index in [1.807, 2.05) is 19.2 Å². The van der Waals surface area contributed by atoms with Gasteiger partial charge < -0.3 is 10.1 Å². The molecule has 0 saturated heterocycles. The van der Waals surface area contributed by atoms with Gasteiger partial charge in [0, 0.05) is 5.69 Å². The van der Waals surface area contributed by atoms with Crippen LogP contribution in [0.4, 0.5) is 5.69 Å². The summed E-state index contributed by atoms with van der Waals surface area (Å²) in [4.78, 5) is 12.7. The number of rotatable bonds is 10. The van der Waals surface area contributed by atoms with Crippen molar-refractivity contribution in [1.82, 2.24) is 4.72 Å². The van der Waals surface area contributed by atoms with E-state index in [9.17, 15) is 13.2 Å². The summed E-state index contributed by atoms with van der Waals surface area (Å²) in [6, 6.07) is 14.2. The number of carbonyl (C=O) groups excluding carboxylic acids is 1. The van der Waals surface area contributed by atoms with Crippen LogP contribution in [0, 0.1) is 0 Å². The molecule has 146 valence electrons. The molecule has 27 heavy (non-hydrogen) atoms. The maximum absolute atomic E-state index is 12.7. The Kier molecular flexibility index (Phi) is 8.15. The molecule has 0 fully saturated rings. The van der Waals surface area contributed by atoms with E-state index in [1.54, 1.807) is 48.2 Å². The molecule has 0 unspecified atom stereocenters. The number of anilines is 1. The average molecular weight is 409 g/mol. The zero-order valence-electron chi connectivity index (χ0n) is 15.3. The topological polar surface area (TPSA) is 84.5 Å². The minimum absolute atomic E-state index is 0.0904. The third-order valence-electron chi connectivity index (χ3n) is 3.71. The molecule has 1 amide bonds. The molecule has 2 N–H and O–H groups in total. The lowest BCUT2D eigenvalue weighted by Gasteiger charge is -2.18. The second-order valence-corrected chi connectivity index (χ2v) is 8.41. The Labute approximate surface area is 164 Å². The number of thioether (sulfide) groups is 1. The number of para-hydroxylation sites is 1. The molecule has 0 aliphatic heterocycles. The van der Waals surface area contributed by atoms with Crippen molar-refractivity contribution in [3.8, 4) is 5.75 Å². The molecule has 0 saturated carbocycles. The summed E-state index contributed by atoms with van der Waals surface area (Å²) in [5, 5.41) is 2.76. The fourth-order valence-electron chi connectivity index (χ4n) is 2.37. The van der Waals surface area contributed by atoms with Crippen LogP contribution >= 0.6 is 11.8 Å². The Hall–Kier alpha value is -2.03. The van der Waals surface area contributed by atoms with Crippen LogP contribution in [0.1, 0.15) is 13.3 Å². The molecule has 0 aromatic heterocycles. The van der Waals surface area contributed by atoms with E-state index in [2.05, 4.69) is 10.0 Å². The van der Waals surface area contributed by atoms with Gasteiger partial charge in [-0.05, 0) is 61.8 Å². The predicted octanol–water partition coefficient (Wildman–Crippen LogP) is 3.12. The maximum atomic E-state index is 12.7. The minimum atomic E-state index is -3.83. The minimum Gasteiger partial charge on any atom is -0.494 e. The number of carbonyl (C=O) groups is 1. The molecule has 8 heteroatoms. The molecule has 0 radical (unpaired) electrons. The highest BCUT2D eigenvalue weighted by Crippen LogP contribution is 2.17. The van der Waals surface area contributed by atoms with Crippen LogP contribution in [0.25, 0.3) is 0 Å². The van der Waals surface area contributed by atoms with Crippen molar-refractivity contribution in [3.63, 3.8) is 0 Å². The van der Waals surface area contributed by atoms with Crippen LogP contribution in [0.3, 0.4) is 0 Å². The molecule has 0 heterocycles. The first kappa shape index (κ1) is 21.3. The van der Waals surface area contributed by atoms with Crippen LogP contribution in [-0.2, 0) is 14.8 Å². The summed E-state index contributed by atoms with van der Waals surface area (Å²) < 4.78 is 33.2. The summed E-state index contributed by atoms with van der Waals surface area (Å²) in [5.74, 6) is 0.862. The van der Waals surface area contributed by atoms with Crippen LogP contribution in [-0.4, -0.2) is 39.0 Å². The molecular weight excluding hydrogens is 384 g/mol. The van der Waals surface area contributed by atoms with E-state index in [0.717, 1.165) is 0 Å². The van der Waals surface area contributed by atoms with Crippen molar-refractivity contribution >= 4 is 33.4 Å². The fraction of sp³-hybridized carbons (Fsp3) is 0.316. The van der Waals surface area contributed by atoms with Crippen molar-refractivity contribution in [3.05, 3.63) is 54.6 Å². The number of amides is 1. The van der Waals surface area contributed by atoms with Gasteiger partial charge in [0.2, 0.25) is 15.9 Å². The average Bonchev–Trinajstić information content (AvgIpc) is 2.66. The van der Waals surface area contributed by atoms with E-state index >= 15 is 0 Å². The van der Waals surface area contributed by atoms with E-state index in [0.29, 0.717) is 30.2 Å². The van der Waals surface area contributed by atoms with Crippen molar-refractivity contribution in [2.75, 3.05) is 23.9 Å². The largest absolute Gasteiger partial charge is 0.494 e. The molecule has 0 bridgehead atoms. The van der Waals surface area contributed by atoms with Gasteiger partial charge in [0.05, 0.1) is 11.5 Å². The Balaban J connectivity index is 2.14. The third kappa shape index (κ3) is 6.57. The van der Waals surface area contributed by atoms with Gasteiger partial charge in [-0.15, -0.1) is 0 Å². The first-order valence-corrected chi connectivity index (χ1v) is 11.4.